The highest BCUT2D eigenvalue weighted by Crippen LogP contribution is 2.51. The number of nitrogens with one attached hydrogen (secondary N) is 1. The van der Waals surface area contributed by atoms with Crippen LogP contribution in [0.1, 0.15) is 53.4 Å². The van der Waals surface area contributed by atoms with Gasteiger partial charge < -0.3 is 11.1 Å². The summed E-state index contributed by atoms with van der Waals surface area (Å²) in [6.45, 7) is 9.85. The largest absolute Gasteiger partial charge is 0.355 e. The first-order valence-electron chi connectivity index (χ1n) is 6.94. The molecule has 1 saturated carbocycles. The van der Waals surface area contributed by atoms with Crippen molar-refractivity contribution in [3.8, 4) is 0 Å². The molecule has 3 N–H and O–H groups in total. The molecule has 1 aliphatic carbocycles. The van der Waals surface area contributed by atoms with E-state index in [1.54, 1.807) is 0 Å². The molecule has 0 aromatic carbocycles. The maximum Gasteiger partial charge on any atom is 0.227 e. The predicted molar refractivity (Wildman–Crippen MR) is 78.8 cm³/mol. The van der Waals surface area contributed by atoms with Crippen LogP contribution in [-0.2, 0) is 4.79 Å². The summed E-state index contributed by atoms with van der Waals surface area (Å²) in [5.74, 6) is 0.801. The Labute approximate surface area is 118 Å². The third-order valence-electron chi connectivity index (χ3n) is 4.94. The summed E-state index contributed by atoms with van der Waals surface area (Å²) >= 11 is 0. The van der Waals surface area contributed by atoms with Crippen molar-refractivity contribution in [1.29, 1.82) is 0 Å². The summed E-state index contributed by atoms with van der Waals surface area (Å²) in [5, 5.41) is 3.14. The molecule has 18 heavy (non-hydrogen) atoms. The Balaban J connectivity index is 0.00000289. The van der Waals surface area contributed by atoms with E-state index >= 15 is 0 Å². The van der Waals surface area contributed by atoms with E-state index in [1.807, 2.05) is 13.8 Å². The van der Waals surface area contributed by atoms with Gasteiger partial charge in [0.1, 0.15) is 0 Å². The van der Waals surface area contributed by atoms with Crippen LogP contribution >= 0.6 is 12.4 Å². The number of halogens is 1. The lowest BCUT2D eigenvalue weighted by atomic mass is 9.81. The molecule has 0 radical (unpaired) electrons. The molecule has 108 valence electrons. The predicted octanol–water partition coefficient (Wildman–Crippen LogP) is 2.73. The molecule has 0 aliphatic heterocycles. The van der Waals surface area contributed by atoms with Crippen molar-refractivity contribution in [2.75, 3.05) is 13.1 Å². The van der Waals surface area contributed by atoms with E-state index in [4.69, 9.17) is 5.73 Å². The zero-order valence-corrected chi connectivity index (χ0v) is 13.0. The Morgan fingerprint density at radius 2 is 1.83 bits per heavy atom. The summed E-state index contributed by atoms with van der Waals surface area (Å²) in [6, 6.07) is 0. The Kier molecular flexibility index (Phi) is 6.66. The van der Waals surface area contributed by atoms with Crippen LogP contribution in [0.4, 0.5) is 0 Å². The van der Waals surface area contributed by atoms with Crippen LogP contribution in [0.3, 0.4) is 0 Å². The fourth-order valence-electron chi connectivity index (χ4n) is 2.52. The molecule has 0 atom stereocenters. The van der Waals surface area contributed by atoms with E-state index in [1.165, 1.54) is 12.8 Å². The number of carbonyl (C=O) groups is 1. The molecule has 3 nitrogen and oxygen atoms in total. The van der Waals surface area contributed by atoms with Gasteiger partial charge in [-0.15, -0.1) is 12.4 Å². The van der Waals surface area contributed by atoms with Gasteiger partial charge in [-0.05, 0) is 37.0 Å². The lowest BCUT2D eigenvalue weighted by Gasteiger charge is -2.30. The molecule has 1 aliphatic rings. The van der Waals surface area contributed by atoms with Crippen molar-refractivity contribution >= 4 is 18.3 Å². The highest BCUT2D eigenvalue weighted by atomic mass is 35.5. The highest BCUT2D eigenvalue weighted by molar-refractivity contribution is 5.85. The molecule has 1 rings (SSSR count). The van der Waals surface area contributed by atoms with Crippen LogP contribution in [0.2, 0.25) is 0 Å². The van der Waals surface area contributed by atoms with Crippen LogP contribution < -0.4 is 11.1 Å². The second-order valence-corrected chi connectivity index (χ2v) is 5.89. The van der Waals surface area contributed by atoms with Gasteiger partial charge in [-0.25, -0.2) is 0 Å². The van der Waals surface area contributed by atoms with E-state index < -0.39 is 0 Å². The maximum atomic E-state index is 12.3. The third-order valence-corrected chi connectivity index (χ3v) is 4.94. The second kappa shape index (κ2) is 6.76. The van der Waals surface area contributed by atoms with Gasteiger partial charge >= 0.3 is 0 Å². The van der Waals surface area contributed by atoms with E-state index in [0.29, 0.717) is 17.9 Å². The summed E-state index contributed by atoms with van der Waals surface area (Å²) in [7, 11) is 0. The first-order valence-corrected chi connectivity index (χ1v) is 6.94. The average Bonchev–Trinajstić information content (AvgIpc) is 3.10. The fraction of sp³-hybridized carbons (Fsp3) is 0.929. The van der Waals surface area contributed by atoms with E-state index in [0.717, 1.165) is 19.4 Å². The number of hydrogen-bond acceptors (Lipinski definition) is 2. The fourth-order valence-corrected chi connectivity index (χ4v) is 2.52. The minimum Gasteiger partial charge on any atom is -0.355 e. The standard InChI is InChI=1S/C14H28N2O.ClH/c1-5-13(6-2,9-15)12(17)16-10-14(7-8-14)11(3)4;/h11H,5-10,15H2,1-4H3,(H,16,17);1H. The molecule has 0 aromatic rings. The maximum absolute atomic E-state index is 12.3. The molecule has 0 spiro atoms. The summed E-state index contributed by atoms with van der Waals surface area (Å²) in [5.41, 5.74) is 5.80. The van der Waals surface area contributed by atoms with Crippen LogP contribution in [0.5, 0.6) is 0 Å². The molecular weight excluding hydrogens is 248 g/mol. The number of nitrogens with two attached hydrogens (primary N) is 1. The van der Waals surface area contributed by atoms with Gasteiger partial charge in [0.05, 0.1) is 5.41 Å². The monoisotopic (exact) mass is 276 g/mol. The van der Waals surface area contributed by atoms with Crippen LogP contribution in [0.25, 0.3) is 0 Å². The van der Waals surface area contributed by atoms with Crippen LogP contribution in [-0.4, -0.2) is 19.0 Å². The van der Waals surface area contributed by atoms with Crippen LogP contribution in [0.15, 0.2) is 0 Å². The third kappa shape index (κ3) is 3.39. The SMILES string of the molecule is CCC(CC)(CN)C(=O)NCC1(C(C)C)CC1.Cl. The number of amides is 1. The Morgan fingerprint density at radius 1 is 1.33 bits per heavy atom. The number of carbonyl (C=O) groups excluding carboxylic acids is 1. The Hall–Kier alpha value is -0.280. The van der Waals surface area contributed by atoms with Gasteiger partial charge in [0.25, 0.3) is 0 Å². The van der Waals surface area contributed by atoms with Crippen molar-refractivity contribution in [2.45, 2.75) is 53.4 Å². The van der Waals surface area contributed by atoms with E-state index in [9.17, 15) is 4.79 Å². The van der Waals surface area contributed by atoms with E-state index in [2.05, 4.69) is 19.2 Å². The minimum absolute atomic E-state index is 0. The van der Waals surface area contributed by atoms with Crippen molar-refractivity contribution in [3.05, 3.63) is 0 Å². The van der Waals surface area contributed by atoms with Gasteiger partial charge in [-0.3, -0.25) is 4.79 Å². The first kappa shape index (κ1) is 17.7. The van der Waals surface area contributed by atoms with Crippen molar-refractivity contribution in [2.24, 2.45) is 22.5 Å². The van der Waals surface area contributed by atoms with Gasteiger partial charge in [-0.2, -0.15) is 0 Å². The van der Waals surface area contributed by atoms with E-state index in [-0.39, 0.29) is 23.7 Å². The van der Waals surface area contributed by atoms with Gasteiger partial charge in [0, 0.05) is 13.1 Å². The smallest absolute Gasteiger partial charge is 0.227 e. The average molecular weight is 277 g/mol. The second-order valence-electron chi connectivity index (χ2n) is 5.89. The molecule has 1 amide bonds. The molecule has 0 aromatic heterocycles. The Bertz CT molecular complexity index is 263. The van der Waals surface area contributed by atoms with Gasteiger partial charge in [-0.1, -0.05) is 27.7 Å². The lowest BCUT2D eigenvalue weighted by Crippen LogP contribution is -2.47. The minimum atomic E-state index is -0.354. The zero-order chi connectivity index (χ0) is 13.1. The Morgan fingerprint density at radius 3 is 2.11 bits per heavy atom. The summed E-state index contributed by atoms with van der Waals surface area (Å²) in [4.78, 5) is 12.3. The molecule has 1 fully saturated rings. The van der Waals surface area contributed by atoms with Gasteiger partial charge in [0.15, 0.2) is 0 Å². The molecule has 0 saturated heterocycles. The summed E-state index contributed by atoms with van der Waals surface area (Å²) < 4.78 is 0. The van der Waals surface area contributed by atoms with Crippen molar-refractivity contribution < 1.29 is 4.79 Å². The number of hydrogen-bond donors (Lipinski definition) is 2. The normalized spacial score (nSPS) is 17.2. The number of rotatable bonds is 7. The highest BCUT2D eigenvalue weighted by Gasteiger charge is 2.46. The summed E-state index contributed by atoms with van der Waals surface area (Å²) in [6.07, 6.45) is 4.14. The topological polar surface area (TPSA) is 55.1 Å². The van der Waals surface area contributed by atoms with Crippen molar-refractivity contribution in [3.63, 3.8) is 0 Å². The van der Waals surface area contributed by atoms with Crippen LogP contribution in [0, 0.1) is 16.7 Å². The molecular formula is C14H29ClN2O. The molecule has 0 unspecified atom stereocenters. The van der Waals surface area contributed by atoms with Gasteiger partial charge in [0.2, 0.25) is 5.91 Å². The zero-order valence-electron chi connectivity index (χ0n) is 12.2. The quantitative estimate of drug-likeness (QED) is 0.751. The lowest BCUT2D eigenvalue weighted by molar-refractivity contribution is -0.131. The van der Waals surface area contributed by atoms with Crippen molar-refractivity contribution in [1.82, 2.24) is 5.32 Å². The first-order chi connectivity index (χ1) is 7.96. The molecule has 0 heterocycles. The molecule has 4 heteroatoms. The molecule has 0 bridgehead atoms.